The molecule has 0 atom stereocenters. The van der Waals surface area contributed by atoms with Gasteiger partial charge in [0.1, 0.15) is 5.75 Å². The van der Waals surface area contributed by atoms with Gasteiger partial charge in [-0.2, -0.15) is 26.7 Å². The van der Waals surface area contributed by atoms with E-state index < -0.39 is 22.0 Å². The molecule has 0 unspecified atom stereocenters. The van der Waals surface area contributed by atoms with E-state index >= 15 is 0 Å². The van der Waals surface area contributed by atoms with E-state index in [1.165, 1.54) is 6.20 Å². The van der Waals surface area contributed by atoms with Crippen LogP contribution in [-0.4, -0.2) is 32.6 Å². The van der Waals surface area contributed by atoms with Crippen molar-refractivity contribution in [2.75, 3.05) is 5.32 Å². The maximum Gasteiger partial charge on any atom is 0.416 e. The predicted molar refractivity (Wildman–Crippen MR) is 126 cm³/mol. The molecule has 5 rings (SSSR count). The summed E-state index contributed by atoms with van der Waals surface area (Å²) in [7, 11) is -4.37. The monoisotopic (exact) mass is 514 g/mol. The minimum atomic E-state index is -4.54. The van der Waals surface area contributed by atoms with Crippen molar-refractivity contribution < 1.29 is 25.8 Å². The van der Waals surface area contributed by atoms with Crippen molar-refractivity contribution >= 4 is 32.8 Å². The lowest BCUT2D eigenvalue weighted by Gasteiger charge is -2.11. The van der Waals surface area contributed by atoms with Crippen LogP contribution in [0.3, 0.4) is 0 Å². The van der Waals surface area contributed by atoms with Gasteiger partial charge in [0, 0.05) is 35.2 Å². The molecule has 2 aromatic carbocycles. The lowest BCUT2D eigenvalue weighted by molar-refractivity contribution is -0.137. The van der Waals surface area contributed by atoms with Gasteiger partial charge in [-0.1, -0.05) is 0 Å². The number of fused-ring (bicyclic) bond motifs is 1. The summed E-state index contributed by atoms with van der Waals surface area (Å²) in [5, 5.41) is 10.3. The molecule has 5 aromatic rings. The zero-order chi connectivity index (χ0) is 25.5. The normalized spacial score (nSPS) is 12.1. The molecule has 0 spiro atoms. The van der Waals surface area contributed by atoms with E-state index in [4.69, 9.17) is 4.18 Å². The molecule has 9 nitrogen and oxygen atoms in total. The number of nitrogens with zero attached hydrogens (tertiary/aromatic N) is 4. The molecule has 0 bridgehead atoms. The fraction of sp³-hybridized carbons (Fsp3) is 0.0870. The third-order valence-electron chi connectivity index (χ3n) is 5.28. The van der Waals surface area contributed by atoms with Crippen molar-refractivity contribution in [2.24, 2.45) is 0 Å². The smallest absolute Gasteiger partial charge is 0.366 e. The largest absolute Gasteiger partial charge is 0.416 e. The highest BCUT2D eigenvalue weighted by Gasteiger charge is 2.30. The molecule has 0 saturated carbocycles. The number of aryl methyl sites for hydroxylation is 1. The third-order valence-corrected chi connectivity index (χ3v) is 6.48. The molecule has 36 heavy (non-hydrogen) atoms. The molecule has 0 aliphatic heterocycles. The zero-order valence-electron chi connectivity index (χ0n) is 18.5. The van der Waals surface area contributed by atoms with Gasteiger partial charge >= 0.3 is 16.5 Å². The third kappa shape index (κ3) is 4.60. The van der Waals surface area contributed by atoms with E-state index in [-0.39, 0.29) is 5.75 Å². The number of anilines is 2. The van der Waals surface area contributed by atoms with Gasteiger partial charge in [-0.05, 0) is 61.0 Å². The molecule has 2 N–H and O–H groups in total. The lowest BCUT2D eigenvalue weighted by Crippen LogP contribution is -2.18. The van der Waals surface area contributed by atoms with E-state index in [0.29, 0.717) is 28.2 Å². The first-order valence-corrected chi connectivity index (χ1v) is 11.8. The van der Waals surface area contributed by atoms with Gasteiger partial charge < -0.3 is 9.50 Å². The van der Waals surface area contributed by atoms with Crippen LogP contribution in [0.4, 0.5) is 24.8 Å². The van der Waals surface area contributed by atoms with E-state index in [2.05, 4.69) is 25.5 Å². The van der Waals surface area contributed by atoms with Crippen LogP contribution in [0.15, 0.2) is 73.3 Å². The number of benzene rings is 2. The van der Waals surface area contributed by atoms with Crippen LogP contribution >= 0.6 is 0 Å². The standard InChI is InChI=1S/C23H17F3N6O3S/c1-14-11-27-22(31-21(14)16-12-28-29-13-16)30-18-4-7-20-15(10-18)8-9-32(20)36(33,34)35-19-5-2-17(3-6-19)23(24,25)26/h2-13H,1H3,(H,28,29)(H,27,30,31). The van der Waals surface area contributed by atoms with Gasteiger partial charge in [0.2, 0.25) is 5.95 Å². The number of aromatic amines is 1. The molecule has 0 fully saturated rings. The summed E-state index contributed by atoms with van der Waals surface area (Å²) in [5.74, 6) is 0.0990. The Hall–Kier alpha value is -4.39. The Morgan fingerprint density at radius 1 is 1.06 bits per heavy atom. The summed E-state index contributed by atoms with van der Waals surface area (Å²) in [4.78, 5) is 8.82. The molecule has 3 aromatic heterocycles. The summed E-state index contributed by atoms with van der Waals surface area (Å²) >= 11 is 0. The number of hydrogen-bond acceptors (Lipinski definition) is 7. The second-order valence-electron chi connectivity index (χ2n) is 7.79. The van der Waals surface area contributed by atoms with Crippen LogP contribution in [0, 0.1) is 6.92 Å². The van der Waals surface area contributed by atoms with Crippen molar-refractivity contribution in [3.05, 3.63) is 84.4 Å². The number of hydrogen-bond donors (Lipinski definition) is 2. The van der Waals surface area contributed by atoms with E-state index in [9.17, 15) is 21.6 Å². The fourth-order valence-electron chi connectivity index (χ4n) is 3.55. The molecule has 0 radical (unpaired) electrons. The zero-order valence-corrected chi connectivity index (χ0v) is 19.3. The average molecular weight is 514 g/mol. The van der Waals surface area contributed by atoms with Gasteiger partial charge in [-0.25, -0.2) is 13.9 Å². The van der Waals surface area contributed by atoms with Crippen LogP contribution in [0.25, 0.3) is 22.2 Å². The number of alkyl halides is 3. The van der Waals surface area contributed by atoms with Crippen molar-refractivity contribution in [3.8, 4) is 17.0 Å². The second-order valence-corrected chi connectivity index (χ2v) is 9.20. The minimum Gasteiger partial charge on any atom is -0.366 e. The van der Waals surface area contributed by atoms with Gasteiger partial charge in [-0.15, -0.1) is 0 Å². The number of H-pyrrole nitrogens is 1. The first kappa shape index (κ1) is 23.4. The summed E-state index contributed by atoms with van der Waals surface area (Å²) in [6, 6.07) is 9.90. The molecule has 0 saturated heterocycles. The molecular weight excluding hydrogens is 497 g/mol. The van der Waals surface area contributed by atoms with Crippen molar-refractivity contribution in [2.45, 2.75) is 13.1 Å². The molecule has 3 heterocycles. The highest BCUT2D eigenvalue weighted by Crippen LogP contribution is 2.31. The molecule has 13 heteroatoms. The quantitative estimate of drug-likeness (QED) is 0.325. The van der Waals surface area contributed by atoms with Crippen LogP contribution in [-0.2, 0) is 16.5 Å². The summed E-state index contributed by atoms with van der Waals surface area (Å²) in [5.41, 5.74) is 2.41. The van der Waals surface area contributed by atoms with Crippen molar-refractivity contribution in [1.29, 1.82) is 0 Å². The highest BCUT2D eigenvalue weighted by molar-refractivity contribution is 7.85. The number of rotatable bonds is 6. The Morgan fingerprint density at radius 2 is 1.83 bits per heavy atom. The summed E-state index contributed by atoms with van der Waals surface area (Å²) in [6.45, 7) is 1.88. The number of aromatic nitrogens is 5. The lowest BCUT2D eigenvalue weighted by atomic mass is 10.1. The Balaban J connectivity index is 1.38. The summed E-state index contributed by atoms with van der Waals surface area (Å²) in [6.07, 6.45) is 1.82. The summed E-state index contributed by atoms with van der Waals surface area (Å²) < 4.78 is 69.8. The first-order chi connectivity index (χ1) is 17.1. The van der Waals surface area contributed by atoms with Crippen LogP contribution in [0.1, 0.15) is 11.1 Å². The molecule has 0 aliphatic carbocycles. The Morgan fingerprint density at radius 3 is 2.53 bits per heavy atom. The maximum absolute atomic E-state index is 12.8. The SMILES string of the molecule is Cc1cnc(Nc2ccc3c(ccn3S(=O)(=O)Oc3ccc(C(F)(F)F)cc3)c2)nc1-c1cn[nH]c1. The number of halogens is 3. The second kappa shape index (κ2) is 8.68. The van der Waals surface area contributed by atoms with E-state index in [0.717, 1.165) is 39.4 Å². The molecular formula is C23H17F3N6O3S. The highest BCUT2D eigenvalue weighted by atomic mass is 32.2. The molecule has 0 amide bonds. The van der Waals surface area contributed by atoms with Crippen LogP contribution in [0.2, 0.25) is 0 Å². The van der Waals surface area contributed by atoms with Crippen LogP contribution in [0.5, 0.6) is 5.75 Å². The Bertz CT molecular complexity index is 1650. The van der Waals surface area contributed by atoms with Crippen molar-refractivity contribution in [3.63, 3.8) is 0 Å². The van der Waals surface area contributed by atoms with Gasteiger partial charge in [0.15, 0.2) is 0 Å². The topological polar surface area (TPSA) is 115 Å². The van der Waals surface area contributed by atoms with Gasteiger partial charge in [-0.3, -0.25) is 5.10 Å². The molecule has 0 aliphatic rings. The Labute approximate surface area is 202 Å². The van der Waals surface area contributed by atoms with Gasteiger partial charge in [0.05, 0.1) is 23.0 Å². The average Bonchev–Trinajstić information content (AvgIpc) is 3.50. The maximum atomic E-state index is 12.8. The number of nitrogens with one attached hydrogen (secondary N) is 2. The first-order valence-electron chi connectivity index (χ1n) is 10.4. The minimum absolute atomic E-state index is 0.243. The van der Waals surface area contributed by atoms with Crippen molar-refractivity contribution in [1.82, 2.24) is 24.1 Å². The van der Waals surface area contributed by atoms with E-state index in [1.807, 2.05) is 6.92 Å². The van der Waals surface area contributed by atoms with E-state index in [1.54, 1.807) is 42.9 Å². The van der Waals surface area contributed by atoms with Crippen LogP contribution < -0.4 is 9.50 Å². The fourth-order valence-corrected chi connectivity index (χ4v) is 4.61. The Kier molecular flexibility index (Phi) is 5.63. The molecule has 184 valence electrons. The predicted octanol–water partition coefficient (Wildman–Crippen LogP) is 5.06. The van der Waals surface area contributed by atoms with Gasteiger partial charge in [0.25, 0.3) is 0 Å².